The van der Waals surface area contributed by atoms with Crippen LogP contribution in [0.25, 0.3) is 0 Å². The van der Waals surface area contributed by atoms with E-state index in [1.807, 2.05) is 0 Å². The Morgan fingerprint density at radius 3 is 1.27 bits per heavy atom. The summed E-state index contributed by atoms with van der Waals surface area (Å²) in [4.78, 5) is 1.45. The van der Waals surface area contributed by atoms with Crippen molar-refractivity contribution in [3.63, 3.8) is 0 Å². The minimum atomic E-state index is -1.80. The zero-order valence-corrected chi connectivity index (χ0v) is 18.4. The first-order valence-electron chi connectivity index (χ1n) is 9.13. The predicted molar refractivity (Wildman–Crippen MR) is 112 cm³/mol. The van der Waals surface area contributed by atoms with Crippen LogP contribution in [0.5, 0.6) is 0 Å². The van der Waals surface area contributed by atoms with E-state index in [0.29, 0.717) is 19.5 Å². The highest BCUT2D eigenvalue weighted by molar-refractivity contribution is 5.85. The Morgan fingerprint density at radius 2 is 0.967 bits per heavy atom. The Labute approximate surface area is 188 Å². The lowest BCUT2D eigenvalue weighted by atomic mass is 10.0. The van der Waals surface area contributed by atoms with Gasteiger partial charge in [0.1, 0.15) is 36.6 Å². The van der Waals surface area contributed by atoms with E-state index in [1.165, 1.54) is 4.90 Å². The van der Waals surface area contributed by atoms with Crippen LogP contribution in [0.3, 0.4) is 0 Å². The Kier molecular flexibility index (Phi) is 21.6. The molecule has 14 heteroatoms. The third kappa shape index (κ3) is 12.2. The van der Waals surface area contributed by atoms with Gasteiger partial charge in [0.05, 0.1) is 25.4 Å². The van der Waals surface area contributed by atoms with Crippen LogP contribution in [0.4, 0.5) is 0 Å². The summed E-state index contributed by atoms with van der Waals surface area (Å²) in [5.74, 6) is 0. The van der Waals surface area contributed by atoms with Crippen LogP contribution in [0, 0.1) is 0 Å². The predicted octanol–water partition coefficient (Wildman–Crippen LogP) is -5.39. The summed E-state index contributed by atoms with van der Waals surface area (Å²) in [6.07, 6.45) is -13.0. The molecule has 186 valence electrons. The first kappa shape index (κ1) is 34.7. The van der Waals surface area contributed by atoms with Crippen molar-refractivity contribution < 1.29 is 51.1 Å². The average Bonchev–Trinajstić information content (AvgIpc) is 2.69. The Morgan fingerprint density at radius 1 is 0.633 bits per heavy atom. The van der Waals surface area contributed by atoms with Crippen LogP contribution in [0.1, 0.15) is 6.42 Å². The highest BCUT2D eigenvalue weighted by Crippen LogP contribution is 2.11. The van der Waals surface area contributed by atoms with Crippen molar-refractivity contribution in [2.24, 2.45) is 0 Å². The normalized spacial score (nSPS) is 19.6. The molecule has 11 N–H and O–H groups in total. The van der Waals surface area contributed by atoms with E-state index < -0.39 is 62.0 Å². The van der Waals surface area contributed by atoms with Crippen molar-refractivity contribution in [1.82, 2.24) is 10.2 Å². The average molecular weight is 489 g/mol. The molecule has 12 nitrogen and oxygen atoms in total. The molecular weight excluding hydrogens is 451 g/mol. The summed E-state index contributed by atoms with van der Waals surface area (Å²) in [6.45, 7) is -1.26. The molecule has 0 spiro atoms. The molecule has 0 aromatic carbocycles. The molecule has 0 unspecified atom stereocenters. The summed E-state index contributed by atoms with van der Waals surface area (Å²) in [5, 5.41) is 98.7. The van der Waals surface area contributed by atoms with Gasteiger partial charge < -0.3 is 56.4 Å². The molecule has 0 saturated heterocycles. The number of nitrogens with one attached hydrogen (secondary N) is 1. The summed E-state index contributed by atoms with van der Waals surface area (Å²) >= 11 is 0. The second kappa shape index (κ2) is 18.7. The second-order valence-electron chi connectivity index (χ2n) is 6.81. The standard InChI is InChI=1S/C16H36N2O10.2ClH/c1-17-3-2-4-18(5-9(21)13(25)15(27)11(23)7-19)6-10(22)14(26)16(28)12(24)8-20;;/h9-17,19-28H,2-8H2,1H3;2*1H/t9-,10-,11+,12+,13+,14+,15+,16+;;/m0../s1. The summed E-state index contributed by atoms with van der Waals surface area (Å²) in [5.41, 5.74) is 0. The molecular formula is C16H38Cl2N2O10. The summed E-state index contributed by atoms with van der Waals surface area (Å²) in [6, 6.07) is 0. The fraction of sp³-hybridized carbons (Fsp3) is 1.00. The van der Waals surface area contributed by atoms with E-state index in [1.54, 1.807) is 7.05 Å². The smallest absolute Gasteiger partial charge is 0.111 e. The highest BCUT2D eigenvalue weighted by Gasteiger charge is 2.34. The van der Waals surface area contributed by atoms with Crippen LogP contribution >= 0.6 is 24.8 Å². The van der Waals surface area contributed by atoms with Gasteiger partial charge in [0.2, 0.25) is 0 Å². The van der Waals surface area contributed by atoms with E-state index in [2.05, 4.69) is 5.32 Å². The minimum absolute atomic E-state index is 0. The van der Waals surface area contributed by atoms with Gasteiger partial charge in [-0.15, -0.1) is 24.8 Å². The third-order valence-corrected chi connectivity index (χ3v) is 4.44. The Hall–Kier alpha value is 0.100. The van der Waals surface area contributed by atoms with Crippen LogP contribution in [0.15, 0.2) is 0 Å². The first-order valence-corrected chi connectivity index (χ1v) is 9.13. The minimum Gasteiger partial charge on any atom is -0.394 e. The molecule has 30 heavy (non-hydrogen) atoms. The Bertz CT molecular complexity index is 375. The molecule has 0 aliphatic carbocycles. The largest absolute Gasteiger partial charge is 0.394 e. The van der Waals surface area contributed by atoms with E-state index in [4.69, 9.17) is 10.2 Å². The Balaban J connectivity index is -0.00000364. The van der Waals surface area contributed by atoms with Crippen molar-refractivity contribution in [1.29, 1.82) is 0 Å². The van der Waals surface area contributed by atoms with Crippen molar-refractivity contribution in [2.45, 2.75) is 55.3 Å². The van der Waals surface area contributed by atoms with Gasteiger partial charge in [0.15, 0.2) is 0 Å². The van der Waals surface area contributed by atoms with Gasteiger partial charge in [-0.3, -0.25) is 4.90 Å². The molecule has 0 rings (SSSR count). The third-order valence-electron chi connectivity index (χ3n) is 4.44. The van der Waals surface area contributed by atoms with E-state index in [9.17, 15) is 40.9 Å². The number of hydrogen-bond acceptors (Lipinski definition) is 12. The number of aliphatic hydroxyl groups is 10. The van der Waals surface area contributed by atoms with Gasteiger partial charge in [0.25, 0.3) is 0 Å². The van der Waals surface area contributed by atoms with Gasteiger partial charge in [-0.1, -0.05) is 0 Å². The molecule has 0 saturated carbocycles. The van der Waals surface area contributed by atoms with E-state index in [0.717, 1.165) is 0 Å². The molecule has 0 aliphatic rings. The lowest BCUT2D eigenvalue weighted by Gasteiger charge is -2.33. The molecule has 0 aromatic rings. The van der Waals surface area contributed by atoms with Crippen molar-refractivity contribution in [2.75, 3.05) is 46.4 Å². The SMILES string of the molecule is CNCCCN(C[C@H](O)[C@@H](O)[C@H](O)[C@H](O)CO)C[C@H](O)[C@@H](O)[C@H](O)[C@H](O)CO.Cl.Cl. The lowest BCUT2D eigenvalue weighted by Crippen LogP contribution is -2.53. The topological polar surface area (TPSA) is 218 Å². The number of rotatable bonds is 16. The summed E-state index contributed by atoms with van der Waals surface area (Å²) in [7, 11) is 1.72. The second-order valence-corrected chi connectivity index (χ2v) is 6.81. The monoisotopic (exact) mass is 488 g/mol. The summed E-state index contributed by atoms with van der Waals surface area (Å²) < 4.78 is 0. The molecule has 0 radical (unpaired) electrons. The maximum atomic E-state index is 10.1. The molecule has 0 amide bonds. The number of hydrogen-bond donors (Lipinski definition) is 11. The van der Waals surface area contributed by atoms with Gasteiger partial charge >= 0.3 is 0 Å². The lowest BCUT2D eigenvalue weighted by molar-refractivity contribution is -0.130. The first-order chi connectivity index (χ1) is 13.1. The van der Waals surface area contributed by atoms with E-state index in [-0.39, 0.29) is 37.9 Å². The van der Waals surface area contributed by atoms with Gasteiger partial charge in [-0.05, 0) is 26.6 Å². The quantitative estimate of drug-likeness (QED) is 0.0916. The van der Waals surface area contributed by atoms with Crippen molar-refractivity contribution >= 4 is 24.8 Å². The molecule has 0 heterocycles. The van der Waals surface area contributed by atoms with Crippen LogP contribution in [-0.4, -0.2) is 151 Å². The fourth-order valence-electron chi connectivity index (χ4n) is 2.61. The highest BCUT2D eigenvalue weighted by atomic mass is 35.5. The molecule has 8 atom stereocenters. The molecule has 0 aromatic heterocycles. The van der Waals surface area contributed by atoms with E-state index >= 15 is 0 Å². The maximum Gasteiger partial charge on any atom is 0.111 e. The van der Waals surface area contributed by atoms with Crippen LogP contribution < -0.4 is 5.32 Å². The fourth-order valence-corrected chi connectivity index (χ4v) is 2.61. The van der Waals surface area contributed by atoms with Crippen LogP contribution in [-0.2, 0) is 0 Å². The van der Waals surface area contributed by atoms with Crippen molar-refractivity contribution in [3.8, 4) is 0 Å². The van der Waals surface area contributed by atoms with Gasteiger partial charge in [-0.2, -0.15) is 0 Å². The zero-order valence-electron chi connectivity index (χ0n) is 16.8. The number of nitrogens with zero attached hydrogens (tertiary/aromatic N) is 1. The molecule has 0 fully saturated rings. The molecule has 0 bridgehead atoms. The number of halogens is 2. The van der Waals surface area contributed by atoms with Crippen molar-refractivity contribution in [3.05, 3.63) is 0 Å². The van der Waals surface area contributed by atoms with Gasteiger partial charge in [0, 0.05) is 13.1 Å². The maximum absolute atomic E-state index is 10.1. The van der Waals surface area contributed by atoms with Gasteiger partial charge in [-0.25, -0.2) is 0 Å². The van der Waals surface area contributed by atoms with Crippen LogP contribution in [0.2, 0.25) is 0 Å². The zero-order chi connectivity index (χ0) is 21.9. The molecule has 0 aliphatic heterocycles. The number of aliphatic hydroxyl groups excluding tert-OH is 10.